The number of nitrogens with zero attached hydrogens (tertiary/aromatic N) is 2. The minimum absolute atomic E-state index is 1.18. The summed E-state index contributed by atoms with van der Waals surface area (Å²) in [6, 6.07) is 0. The van der Waals surface area contributed by atoms with Gasteiger partial charge in [0.25, 0.3) is 0 Å². The molecular formula is C60H121N3. The monoisotopic (exact) mass is 884 g/mol. The van der Waals surface area contributed by atoms with Gasteiger partial charge in [-0.15, -0.1) is 0 Å². The summed E-state index contributed by atoms with van der Waals surface area (Å²) >= 11 is 0. The Morgan fingerprint density at radius 2 is 0.365 bits per heavy atom. The molecule has 0 aromatic heterocycles. The van der Waals surface area contributed by atoms with Crippen LogP contribution < -0.4 is 5.32 Å². The lowest BCUT2D eigenvalue weighted by molar-refractivity contribution is 0.351. The summed E-state index contributed by atoms with van der Waals surface area (Å²) in [6.07, 6.45) is 77.9. The molecule has 0 aliphatic heterocycles. The van der Waals surface area contributed by atoms with Crippen LogP contribution in [0.15, 0.2) is 24.8 Å². The van der Waals surface area contributed by atoms with Crippen molar-refractivity contribution < 1.29 is 0 Å². The van der Waals surface area contributed by atoms with E-state index >= 15 is 0 Å². The molecule has 0 saturated carbocycles. The number of hydrogen-bond donors (Lipinski definition) is 1. The van der Waals surface area contributed by atoms with Gasteiger partial charge < -0.3 is 15.1 Å². The molecule has 0 aromatic carbocycles. The maximum absolute atomic E-state index is 3.49. The normalized spacial score (nSPS) is 11.8. The van der Waals surface area contributed by atoms with Crippen molar-refractivity contribution in [2.24, 2.45) is 0 Å². The Morgan fingerprint density at radius 3 is 0.556 bits per heavy atom. The standard InChI is InChI=1S/C60H121N3/c1-5-9-13-15-17-19-21-23-25-27-29-31-33-35-37-39-41-43-45-47-49-51-57-62(55-11-7-3)59-53-61-54-60-63(56-12-8-4)58-52-50-48-46-44-42-40-38-36-34-32-30-28-26-24-22-20-18-16-14-10-6-2/h53-54,59-61H,5-52,55-58H2,1-4H3. The van der Waals surface area contributed by atoms with Crippen LogP contribution in [0.1, 0.15) is 336 Å². The second kappa shape index (κ2) is 57.0. The number of unbranched alkanes of at least 4 members (excludes halogenated alkanes) is 44. The van der Waals surface area contributed by atoms with E-state index in [2.05, 4.69) is 67.6 Å². The van der Waals surface area contributed by atoms with E-state index in [0.717, 1.165) is 0 Å². The third-order valence-electron chi connectivity index (χ3n) is 14.0. The van der Waals surface area contributed by atoms with E-state index in [0.29, 0.717) is 0 Å². The lowest BCUT2D eigenvalue weighted by atomic mass is 10.0. The maximum Gasteiger partial charge on any atom is 0.0173 e. The first-order valence-electron chi connectivity index (χ1n) is 29.9. The van der Waals surface area contributed by atoms with E-state index in [1.807, 2.05) is 0 Å². The molecule has 0 aliphatic carbocycles. The molecule has 63 heavy (non-hydrogen) atoms. The second-order valence-corrected chi connectivity index (χ2v) is 20.4. The fourth-order valence-electron chi connectivity index (χ4n) is 9.44. The van der Waals surface area contributed by atoms with Crippen LogP contribution in [0.4, 0.5) is 0 Å². The van der Waals surface area contributed by atoms with Crippen molar-refractivity contribution in [1.82, 2.24) is 15.1 Å². The van der Waals surface area contributed by atoms with Gasteiger partial charge in [-0.2, -0.15) is 0 Å². The first kappa shape index (κ1) is 61.9. The molecule has 0 spiro atoms. The topological polar surface area (TPSA) is 18.5 Å². The molecule has 0 radical (unpaired) electrons. The van der Waals surface area contributed by atoms with Crippen molar-refractivity contribution in [3.8, 4) is 0 Å². The molecule has 376 valence electrons. The highest BCUT2D eigenvalue weighted by Gasteiger charge is 2.02. The third kappa shape index (κ3) is 53.4. The first-order chi connectivity index (χ1) is 31.3. The molecule has 0 saturated heterocycles. The minimum Gasteiger partial charge on any atom is -0.376 e. The maximum atomic E-state index is 3.49. The summed E-state index contributed by atoms with van der Waals surface area (Å²) in [4.78, 5) is 5.10. The molecule has 0 heterocycles. The Bertz CT molecular complexity index is 784. The van der Waals surface area contributed by atoms with Gasteiger partial charge in [0.1, 0.15) is 0 Å². The summed E-state index contributed by atoms with van der Waals surface area (Å²) in [6.45, 7) is 14.0. The highest BCUT2D eigenvalue weighted by Crippen LogP contribution is 2.18. The fraction of sp³-hybridized carbons (Fsp3) is 0.933. The zero-order chi connectivity index (χ0) is 45.5. The molecule has 0 aliphatic rings. The van der Waals surface area contributed by atoms with E-state index in [1.54, 1.807) is 0 Å². The van der Waals surface area contributed by atoms with Crippen LogP contribution in [0.5, 0.6) is 0 Å². The fourth-order valence-corrected chi connectivity index (χ4v) is 9.44. The highest BCUT2D eigenvalue weighted by molar-refractivity contribution is 4.89. The van der Waals surface area contributed by atoms with E-state index in [1.165, 1.54) is 334 Å². The Hall–Kier alpha value is -1.12. The molecule has 0 bridgehead atoms. The SMILES string of the molecule is CCCCCCCCCCCCCCCCCCCCCCCCN(C=CNC=CN(CCCC)CCCCCCCCCCCCCCCCCCCCCCCC)CCCC. The van der Waals surface area contributed by atoms with Crippen LogP contribution >= 0.6 is 0 Å². The van der Waals surface area contributed by atoms with Gasteiger partial charge >= 0.3 is 0 Å². The Kier molecular flexibility index (Phi) is 56.0. The summed E-state index contributed by atoms with van der Waals surface area (Å²) < 4.78 is 0. The lowest BCUT2D eigenvalue weighted by Crippen LogP contribution is -2.21. The van der Waals surface area contributed by atoms with E-state index in [4.69, 9.17) is 0 Å². The molecule has 1 N–H and O–H groups in total. The molecule has 0 unspecified atom stereocenters. The van der Waals surface area contributed by atoms with Gasteiger partial charge in [0.2, 0.25) is 0 Å². The summed E-state index contributed by atoms with van der Waals surface area (Å²) in [5.41, 5.74) is 0. The predicted molar refractivity (Wildman–Crippen MR) is 289 cm³/mol. The van der Waals surface area contributed by atoms with Gasteiger partial charge in [-0.1, -0.05) is 310 Å². The first-order valence-corrected chi connectivity index (χ1v) is 29.9. The van der Waals surface area contributed by atoms with E-state index < -0.39 is 0 Å². The third-order valence-corrected chi connectivity index (χ3v) is 14.0. The smallest absolute Gasteiger partial charge is 0.0173 e. The van der Waals surface area contributed by atoms with Crippen molar-refractivity contribution in [2.45, 2.75) is 336 Å². The molecule has 3 nitrogen and oxygen atoms in total. The minimum atomic E-state index is 1.18. The van der Waals surface area contributed by atoms with Crippen LogP contribution in [0, 0.1) is 0 Å². The van der Waals surface area contributed by atoms with Crippen molar-refractivity contribution in [3.05, 3.63) is 24.8 Å². The predicted octanol–water partition coefficient (Wildman–Crippen LogP) is 20.9. The molecule has 0 amide bonds. The number of rotatable bonds is 56. The van der Waals surface area contributed by atoms with Gasteiger partial charge in [0, 0.05) is 51.0 Å². The van der Waals surface area contributed by atoms with Gasteiger partial charge in [-0.3, -0.25) is 0 Å². The van der Waals surface area contributed by atoms with Crippen molar-refractivity contribution in [1.29, 1.82) is 0 Å². The average molecular weight is 885 g/mol. The van der Waals surface area contributed by atoms with Crippen molar-refractivity contribution >= 4 is 0 Å². The largest absolute Gasteiger partial charge is 0.376 e. The molecule has 3 heteroatoms. The van der Waals surface area contributed by atoms with E-state index in [-0.39, 0.29) is 0 Å². The zero-order valence-corrected chi connectivity index (χ0v) is 44.5. The van der Waals surface area contributed by atoms with Gasteiger partial charge in [-0.25, -0.2) is 0 Å². The van der Waals surface area contributed by atoms with Gasteiger partial charge in [0.15, 0.2) is 0 Å². The average Bonchev–Trinajstić information content (AvgIpc) is 3.29. The summed E-state index contributed by atoms with van der Waals surface area (Å²) in [5.74, 6) is 0. The number of hydrogen-bond acceptors (Lipinski definition) is 3. The quantitative estimate of drug-likeness (QED) is 0.0614. The van der Waals surface area contributed by atoms with Crippen LogP contribution in [0.25, 0.3) is 0 Å². The van der Waals surface area contributed by atoms with Crippen LogP contribution in [0.3, 0.4) is 0 Å². The van der Waals surface area contributed by atoms with Gasteiger partial charge in [-0.05, 0) is 25.7 Å². The molecular weight excluding hydrogens is 763 g/mol. The summed E-state index contributed by atoms with van der Waals surface area (Å²) in [5, 5.41) is 3.49. The second-order valence-electron chi connectivity index (χ2n) is 20.4. The molecule has 0 rings (SSSR count). The molecule has 0 aromatic rings. The number of nitrogens with one attached hydrogen (secondary N) is 1. The molecule has 0 fully saturated rings. The van der Waals surface area contributed by atoms with Crippen molar-refractivity contribution in [2.75, 3.05) is 26.2 Å². The zero-order valence-electron chi connectivity index (χ0n) is 44.5. The summed E-state index contributed by atoms with van der Waals surface area (Å²) in [7, 11) is 0. The Balaban J connectivity index is 3.80. The Morgan fingerprint density at radius 1 is 0.206 bits per heavy atom. The molecule has 0 atom stereocenters. The van der Waals surface area contributed by atoms with Crippen LogP contribution in [-0.2, 0) is 0 Å². The van der Waals surface area contributed by atoms with Crippen LogP contribution in [0.2, 0.25) is 0 Å². The highest BCUT2D eigenvalue weighted by atomic mass is 15.1. The van der Waals surface area contributed by atoms with Crippen molar-refractivity contribution in [3.63, 3.8) is 0 Å². The van der Waals surface area contributed by atoms with Gasteiger partial charge in [0.05, 0.1) is 0 Å². The van der Waals surface area contributed by atoms with Crippen LogP contribution in [-0.4, -0.2) is 36.0 Å². The van der Waals surface area contributed by atoms with E-state index in [9.17, 15) is 0 Å². The Labute approximate surface area is 400 Å². The lowest BCUT2D eigenvalue weighted by Gasteiger charge is -2.21.